The molecular formula is C18H21N5O2. The first kappa shape index (κ1) is 15.8. The number of nitrogens with zero attached hydrogens (tertiary/aromatic N) is 3. The van der Waals surface area contributed by atoms with Crippen molar-refractivity contribution in [1.29, 1.82) is 0 Å². The zero-order chi connectivity index (χ0) is 17.4. The van der Waals surface area contributed by atoms with Crippen molar-refractivity contribution >= 4 is 28.3 Å². The number of amides is 1. The van der Waals surface area contributed by atoms with E-state index in [-0.39, 0.29) is 5.91 Å². The van der Waals surface area contributed by atoms with Crippen molar-refractivity contribution in [1.82, 2.24) is 14.6 Å². The topological polar surface area (TPSA) is 94.5 Å². The van der Waals surface area contributed by atoms with E-state index in [1.165, 1.54) is 0 Å². The summed E-state index contributed by atoms with van der Waals surface area (Å²) in [5, 5.41) is 8.85. The van der Waals surface area contributed by atoms with E-state index in [9.17, 15) is 4.79 Å². The second kappa shape index (κ2) is 6.00. The lowest BCUT2D eigenvalue weighted by Gasteiger charge is -2.34. The van der Waals surface area contributed by atoms with E-state index in [0.29, 0.717) is 32.6 Å². The highest BCUT2D eigenvalue weighted by molar-refractivity contribution is 5.91. The van der Waals surface area contributed by atoms with Gasteiger partial charge in [0.25, 0.3) is 0 Å². The van der Waals surface area contributed by atoms with Crippen LogP contribution in [0.15, 0.2) is 30.3 Å². The number of aromatic nitrogens is 3. The van der Waals surface area contributed by atoms with Crippen molar-refractivity contribution in [2.45, 2.75) is 19.8 Å². The van der Waals surface area contributed by atoms with E-state index >= 15 is 0 Å². The molecule has 1 saturated heterocycles. The third-order valence-electron chi connectivity index (χ3n) is 4.99. The molecule has 0 atom stereocenters. The molecule has 0 unspecified atom stereocenters. The van der Waals surface area contributed by atoms with Gasteiger partial charge in [0.2, 0.25) is 5.91 Å². The van der Waals surface area contributed by atoms with Crippen LogP contribution in [-0.4, -0.2) is 40.3 Å². The van der Waals surface area contributed by atoms with Crippen molar-refractivity contribution < 1.29 is 9.53 Å². The highest BCUT2D eigenvalue weighted by Crippen LogP contribution is 2.31. The standard InChI is InChI=1S/C18H21N5O2/c1-12-10-15-21-16(13-4-2-3-5-14(13)23(15)22-12)20-11-18(17(19)24)6-8-25-9-7-18/h2-5,10H,6-9,11H2,1H3,(H2,19,24)(H,20,21). The van der Waals surface area contributed by atoms with Crippen LogP contribution < -0.4 is 11.1 Å². The van der Waals surface area contributed by atoms with Gasteiger partial charge >= 0.3 is 0 Å². The Hall–Kier alpha value is -2.67. The van der Waals surface area contributed by atoms with E-state index in [2.05, 4.69) is 10.4 Å². The second-order valence-corrected chi connectivity index (χ2v) is 6.64. The Morgan fingerprint density at radius 1 is 1.36 bits per heavy atom. The number of aryl methyl sites for hydroxylation is 1. The first-order valence-corrected chi connectivity index (χ1v) is 8.46. The van der Waals surface area contributed by atoms with Gasteiger partial charge in [0, 0.05) is 31.2 Å². The van der Waals surface area contributed by atoms with Gasteiger partial charge < -0.3 is 15.8 Å². The van der Waals surface area contributed by atoms with Crippen LogP contribution in [0, 0.1) is 12.3 Å². The normalized spacial score (nSPS) is 17.0. The van der Waals surface area contributed by atoms with E-state index in [1.807, 2.05) is 41.8 Å². The zero-order valence-corrected chi connectivity index (χ0v) is 14.2. The fraction of sp³-hybridized carbons (Fsp3) is 0.389. The summed E-state index contributed by atoms with van der Waals surface area (Å²) < 4.78 is 7.24. The number of fused-ring (bicyclic) bond motifs is 3. The van der Waals surface area contributed by atoms with E-state index in [4.69, 9.17) is 15.5 Å². The van der Waals surface area contributed by atoms with Gasteiger partial charge in [0.15, 0.2) is 5.65 Å². The van der Waals surface area contributed by atoms with Gasteiger partial charge in [-0.2, -0.15) is 5.10 Å². The summed E-state index contributed by atoms with van der Waals surface area (Å²) in [7, 11) is 0. The number of nitrogens with one attached hydrogen (secondary N) is 1. The summed E-state index contributed by atoms with van der Waals surface area (Å²) in [6, 6.07) is 9.90. The molecule has 7 nitrogen and oxygen atoms in total. The maximum Gasteiger partial charge on any atom is 0.225 e. The zero-order valence-electron chi connectivity index (χ0n) is 14.2. The Morgan fingerprint density at radius 2 is 2.12 bits per heavy atom. The fourth-order valence-corrected chi connectivity index (χ4v) is 3.44. The largest absolute Gasteiger partial charge is 0.381 e. The lowest BCUT2D eigenvalue weighted by molar-refractivity contribution is -0.132. The van der Waals surface area contributed by atoms with Crippen LogP contribution in [0.5, 0.6) is 0 Å². The number of primary amides is 1. The molecule has 25 heavy (non-hydrogen) atoms. The molecule has 130 valence electrons. The molecule has 0 spiro atoms. The number of benzene rings is 1. The summed E-state index contributed by atoms with van der Waals surface area (Å²) in [6.07, 6.45) is 1.25. The summed E-state index contributed by atoms with van der Waals surface area (Å²) in [5.74, 6) is 0.462. The molecule has 0 bridgehead atoms. The van der Waals surface area contributed by atoms with Crippen molar-refractivity contribution in [2.75, 3.05) is 25.1 Å². The van der Waals surface area contributed by atoms with Gasteiger partial charge in [-0.15, -0.1) is 0 Å². The number of nitrogens with two attached hydrogens (primary N) is 1. The van der Waals surface area contributed by atoms with Crippen LogP contribution in [0.4, 0.5) is 5.82 Å². The van der Waals surface area contributed by atoms with Crippen molar-refractivity contribution in [2.24, 2.45) is 11.1 Å². The molecule has 0 radical (unpaired) electrons. The van der Waals surface area contributed by atoms with Crippen LogP contribution in [0.3, 0.4) is 0 Å². The number of carbonyl (C=O) groups excluding carboxylic acids is 1. The smallest absolute Gasteiger partial charge is 0.225 e. The molecule has 0 aliphatic carbocycles. The Morgan fingerprint density at radius 3 is 2.88 bits per heavy atom. The van der Waals surface area contributed by atoms with Crippen LogP contribution >= 0.6 is 0 Å². The number of anilines is 1. The van der Waals surface area contributed by atoms with E-state index in [1.54, 1.807) is 0 Å². The van der Waals surface area contributed by atoms with Crippen molar-refractivity contribution in [3.63, 3.8) is 0 Å². The highest BCUT2D eigenvalue weighted by atomic mass is 16.5. The molecule has 3 aromatic rings. The summed E-state index contributed by atoms with van der Waals surface area (Å²) in [4.78, 5) is 16.8. The summed E-state index contributed by atoms with van der Waals surface area (Å²) in [6.45, 7) is 3.51. The van der Waals surface area contributed by atoms with Gasteiger partial charge in [-0.05, 0) is 31.9 Å². The van der Waals surface area contributed by atoms with E-state index in [0.717, 1.165) is 28.1 Å². The molecular weight excluding hydrogens is 318 g/mol. The molecule has 1 aliphatic rings. The maximum absolute atomic E-state index is 12.1. The average molecular weight is 339 g/mol. The first-order valence-electron chi connectivity index (χ1n) is 8.46. The third kappa shape index (κ3) is 2.70. The quantitative estimate of drug-likeness (QED) is 0.757. The van der Waals surface area contributed by atoms with Crippen LogP contribution in [0.2, 0.25) is 0 Å². The fourth-order valence-electron chi connectivity index (χ4n) is 3.44. The lowest BCUT2D eigenvalue weighted by atomic mass is 9.79. The molecule has 2 aromatic heterocycles. The van der Waals surface area contributed by atoms with Gasteiger partial charge in [-0.1, -0.05) is 12.1 Å². The molecule has 0 saturated carbocycles. The van der Waals surface area contributed by atoms with Crippen LogP contribution in [0.1, 0.15) is 18.5 Å². The molecule has 3 N–H and O–H groups in total. The Bertz CT molecular complexity index is 943. The van der Waals surface area contributed by atoms with Gasteiger partial charge in [-0.25, -0.2) is 9.50 Å². The summed E-state index contributed by atoms with van der Waals surface area (Å²) in [5.41, 5.74) is 7.77. The molecule has 1 fully saturated rings. The number of hydrogen-bond donors (Lipinski definition) is 2. The molecule has 1 aromatic carbocycles. The minimum absolute atomic E-state index is 0.283. The predicted molar refractivity (Wildman–Crippen MR) is 95.4 cm³/mol. The van der Waals surface area contributed by atoms with Crippen molar-refractivity contribution in [3.05, 3.63) is 36.0 Å². The first-order chi connectivity index (χ1) is 12.1. The molecule has 1 aliphatic heterocycles. The Kier molecular flexibility index (Phi) is 3.80. The second-order valence-electron chi connectivity index (χ2n) is 6.64. The maximum atomic E-state index is 12.1. The van der Waals surface area contributed by atoms with Gasteiger partial charge in [-0.3, -0.25) is 4.79 Å². The number of carbonyl (C=O) groups is 1. The minimum Gasteiger partial charge on any atom is -0.381 e. The lowest BCUT2D eigenvalue weighted by Crippen LogP contribution is -2.46. The Labute approximate surface area is 145 Å². The number of ether oxygens (including phenoxy) is 1. The van der Waals surface area contributed by atoms with Crippen molar-refractivity contribution in [3.8, 4) is 0 Å². The number of para-hydroxylation sites is 1. The average Bonchev–Trinajstić information content (AvgIpc) is 3.01. The monoisotopic (exact) mass is 339 g/mol. The minimum atomic E-state index is -0.594. The van der Waals surface area contributed by atoms with Gasteiger partial charge in [0.05, 0.1) is 16.6 Å². The number of rotatable bonds is 4. The van der Waals surface area contributed by atoms with Crippen LogP contribution in [0.25, 0.3) is 16.6 Å². The third-order valence-corrected chi connectivity index (χ3v) is 4.99. The SMILES string of the molecule is Cc1cc2nc(NCC3(C(N)=O)CCOCC3)c3ccccc3n2n1. The Balaban J connectivity index is 1.74. The predicted octanol–water partition coefficient (Wildman–Crippen LogP) is 1.88. The summed E-state index contributed by atoms with van der Waals surface area (Å²) >= 11 is 0. The molecule has 7 heteroatoms. The van der Waals surface area contributed by atoms with Crippen LogP contribution in [-0.2, 0) is 9.53 Å². The molecule has 1 amide bonds. The number of hydrogen-bond acceptors (Lipinski definition) is 5. The molecule has 3 heterocycles. The van der Waals surface area contributed by atoms with E-state index < -0.39 is 5.41 Å². The highest BCUT2D eigenvalue weighted by Gasteiger charge is 2.38. The molecule has 4 rings (SSSR count). The van der Waals surface area contributed by atoms with Gasteiger partial charge in [0.1, 0.15) is 5.82 Å².